The highest BCUT2D eigenvalue weighted by Crippen LogP contribution is 2.36. The van der Waals surface area contributed by atoms with Crippen molar-refractivity contribution in [2.45, 2.75) is 62.7 Å². The predicted octanol–water partition coefficient (Wildman–Crippen LogP) is 3.83. The summed E-state index contributed by atoms with van der Waals surface area (Å²) >= 11 is 0. The largest absolute Gasteiger partial charge is 0.446 e. The SMILES string of the molecule is CC(C)NC(=O)O[C@H]1CC[C@@H](c2cc(Nc3cc4c(cc3F)CS(=O)C4)n[nH]2)C1. The zero-order valence-corrected chi connectivity index (χ0v) is 17.3. The van der Waals surface area contributed by atoms with E-state index in [-0.39, 0.29) is 30.0 Å². The maximum Gasteiger partial charge on any atom is 0.407 e. The predicted molar refractivity (Wildman–Crippen MR) is 109 cm³/mol. The first-order chi connectivity index (χ1) is 13.9. The molecule has 0 spiro atoms. The molecule has 1 unspecified atom stereocenters. The van der Waals surface area contributed by atoms with E-state index in [1.165, 1.54) is 6.07 Å². The van der Waals surface area contributed by atoms with Crippen LogP contribution in [-0.2, 0) is 27.0 Å². The van der Waals surface area contributed by atoms with Crippen LogP contribution in [0.2, 0.25) is 0 Å². The Morgan fingerprint density at radius 3 is 2.79 bits per heavy atom. The molecule has 0 bridgehead atoms. The molecule has 1 aromatic heterocycles. The van der Waals surface area contributed by atoms with Gasteiger partial charge in [0.05, 0.1) is 5.69 Å². The average molecular weight is 421 g/mol. The molecule has 2 aromatic rings. The smallest absolute Gasteiger partial charge is 0.407 e. The Kier molecular flexibility index (Phi) is 5.58. The lowest BCUT2D eigenvalue weighted by molar-refractivity contribution is 0.0981. The highest BCUT2D eigenvalue weighted by molar-refractivity contribution is 7.83. The van der Waals surface area contributed by atoms with Crippen molar-refractivity contribution in [3.63, 3.8) is 0 Å². The molecule has 1 aliphatic heterocycles. The summed E-state index contributed by atoms with van der Waals surface area (Å²) in [5.41, 5.74) is 3.00. The number of anilines is 2. The van der Waals surface area contributed by atoms with Gasteiger partial charge in [0.2, 0.25) is 0 Å². The maximum absolute atomic E-state index is 14.4. The number of alkyl carbamates (subject to hydrolysis) is 1. The summed E-state index contributed by atoms with van der Waals surface area (Å²) in [5.74, 6) is 1.24. The molecule has 4 rings (SSSR count). The highest BCUT2D eigenvalue weighted by atomic mass is 32.2. The molecule has 2 aliphatic rings. The van der Waals surface area contributed by atoms with Crippen LogP contribution in [-0.4, -0.2) is 32.6 Å². The van der Waals surface area contributed by atoms with Crippen LogP contribution < -0.4 is 10.6 Å². The molecule has 1 aliphatic carbocycles. The van der Waals surface area contributed by atoms with Crippen molar-refractivity contribution in [1.82, 2.24) is 15.5 Å². The zero-order chi connectivity index (χ0) is 20.5. The van der Waals surface area contributed by atoms with Gasteiger partial charge in [-0.1, -0.05) is 0 Å². The lowest BCUT2D eigenvalue weighted by Crippen LogP contribution is -2.33. The summed E-state index contributed by atoms with van der Waals surface area (Å²) in [4.78, 5) is 11.8. The third-order valence-corrected chi connectivity index (χ3v) is 6.55. The van der Waals surface area contributed by atoms with Crippen molar-refractivity contribution in [2.75, 3.05) is 5.32 Å². The summed E-state index contributed by atoms with van der Waals surface area (Å²) in [5, 5.41) is 13.0. The van der Waals surface area contributed by atoms with Gasteiger partial charge in [0.25, 0.3) is 0 Å². The molecule has 0 saturated heterocycles. The van der Waals surface area contributed by atoms with Crippen molar-refractivity contribution in [3.8, 4) is 0 Å². The van der Waals surface area contributed by atoms with Gasteiger partial charge in [0, 0.05) is 46.0 Å². The second kappa shape index (κ2) is 8.14. The van der Waals surface area contributed by atoms with Crippen LogP contribution >= 0.6 is 0 Å². The van der Waals surface area contributed by atoms with Crippen LogP contribution in [0.25, 0.3) is 0 Å². The Morgan fingerprint density at radius 2 is 2.03 bits per heavy atom. The summed E-state index contributed by atoms with van der Waals surface area (Å²) in [6, 6.07) is 5.08. The van der Waals surface area contributed by atoms with E-state index < -0.39 is 10.8 Å². The lowest BCUT2D eigenvalue weighted by atomic mass is 10.0. The number of hydrogen-bond acceptors (Lipinski definition) is 5. The normalized spacial score (nSPS) is 23.2. The minimum atomic E-state index is -0.948. The van der Waals surface area contributed by atoms with E-state index in [9.17, 15) is 13.4 Å². The number of aromatic amines is 1. The minimum Gasteiger partial charge on any atom is -0.446 e. The second-order valence-electron chi connectivity index (χ2n) is 8.00. The number of carbonyl (C=O) groups excluding carboxylic acids is 1. The minimum absolute atomic E-state index is 0.0422. The van der Waals surface area contributed by atoms with Crippen molar-refractivity contribution < 1.29 is 18.1 Å². The van der Waals surface area contributed by atoms with Gasteiger partial charge >= 0.3 is 6.09 Å². The van der Waals surface area contributed by atoms with Gasteiger partial charge in [-0.05, 0) is 56.4 Å². The van der Waals surface area contributed by atoms with Crippen LogP contribution in [0, 0.1) is 5.82 Å². The Labute approximate surface area is 171 Å². The van der Waals surface area contributed by atoms with Crippen LogP contribution in [0.1, 0.15) is 55.8 Å². The molecule has 3 atom stereocenters. The van der Waals surface area contributed by atoms with Gasteiger partial charge in [-0.3, -0.25) is 9.31 Å². The second-order valence-corrected chi connectivity index (χ2v) is 9.46. The van der Waals surface area contributed by atoms with E-state index in [1.807, 2.05) is 19.9 Å². The zero-order valence-electron chi connectivity index (χ0n) is 16.5. The van der Waals surface area contributed by atoms with Crippen LogP contribution in [0.5, 0.6) is 0 Å². The van der Waals surface area contributed by atoms with Crippen molar-refractivity contribution in [1.29, 1.82) is 0 Å². The molecule has 29 heavy (non-hydrogen) atoms. The molecule has 3 N–H and O–H groups in total. The molecule has 9 heteroatoms. The summed E-state index contributed by atoms with van der Waals surface area (Å²) in [6.45, 7) is 3.78. The third kappa shape index (κ3) is 4.60. The molecule has 156 valence electrons. The monoisotopic (exact) mass is 420 g/mol. The van der Waals surface area contributed by atoms with E-state index in [1.54, 1.807) is 6.07 Å². The molecule has 1 aromatic carbocycles. The molecule has 7 nitrogen and oxygen atoms in total. The number of carbonyl (C=O) groups is 1. The Hall–Kier alpha value is -2.42. The van der Waals surface area contributed by atoms with Gasteiger partial charge in [-0.25, -0.2) is 9.18 Å². The number of hydrogen-bond donors (Lipinski definition) is 3. The number of halogens is 1. The first-order valence-corrected chi connectivity index (χ1v) is 11.3. The Morgan fingerprint density at radius 1 is 1.28 bits per heavy atom. The number of H-pyrrole nitrogens is 1. The summed E-state index contributed by atoms with van der Waals surface area (Å²) in [6.07, 6.45) is 1.92. The lowest BCUT2D eigenvalue weighted by Gasteiger charge is -2.14. The highest BCUT2D eigenvalue weighted by Gasteiger charge is 2.30. The number of nitrogens with zero attached hydrogens (tertiary/aromatic N) is 1. The fraction of sp³-hybridized carbons (Fsp3) is 0.500. The van der Waals surface area contributed by atoms with Crippen molar-refractivity contribution in [2.24, 2.45) is 0 Å². The number of fused-ring (bicyclic) bond motifs is 1. The number of amides is 1. The van der Waals surface area contributed by atoms with Gasteiger partial charge in [0.15, 0.2) is 5.82 Å². The standard InChI is InChI=1S/C20H25FN4O3S/c1-11(2)22-20(26)28-15-4-3-12(5-15)17-8-19(25-24-17)23-18-7-14-10-29(27)9-13(14)6-16(18)21/h6-8,11-12,15H,3-5,9-10H2,1-2H3,(H,22,26)(H2,23,24,25)/t12-,15+,29?/m1/s1. The summed E-state index contributed by atoms with van der Waals surface area (Å²) in [7, 11) is -0.948. The average Bonchev–Trinajstić information content (AvgIpc) is 3.34. The molecule has 1 fully saturated rings. The quantitative estimate of drug-likeness (QED) is 0.683. The van der Waals surface area contributed by atoms with Gasteiger partial charge < -0.3 is 15.4 Å². The molecule has 0 radical (unpaired) electrons. The maximum atomic E-state index is 14.4. The van der Waals surface area contributed by atoms with Crippen molar-refractivity contribution in [3.05, 3.63) is 40.8 Å². The van der Waals surface area contributed by atoms with Crippen molar-refractivity contribution >= 4 is 28.4 Å². The molecule has 1 amide bonds. The first kappa shape index (κ1) is 19.9. The number of rotatable bonds is 5. The fourth-order valence-electron chi connectivity index (χ4n) is 3.92. The first-order valence-electron chi connectivity index (χ1n) is 9.83. The Bertz CT molecular complexity index is 946. The number of benzene rings is 1. The number of nitrogens with one attached hydrogen (secondary N) is 3. The Balaban J connectivity index is 1.38. The van der Waals surface area contributed by atoms with Gasteiger partial charge in [-0.15, -0.1) is 0 Å². The van der Waals surface area contributed by atoms with E-state index in [0.717, 1.165) is 36.1 Å². The van der Waals surface area contributed by atoms with Gasteiger partial charge in [-0.2, -0.15) is 5.10 Å². The molecular formula is C20H25FN4O3S. The van der Waals surface area contributed by atoms with Crippen LogP contribution in [0.4, 0.5) is 20.7 Å². The van der Waals surface area contributed by atoms with E-state index >= 15 is 0 Å². The topological polar surface area (TPSA) is 96.1 Å². The van der Waals surface area contributed by atoms with Crippen LogP contribution in [0.15, 0.2) is 18.2 Å². The van der Waals surface area contributed by atoms with Gasteiger partial charge in [0.1, 0.15) is 11.9 Å². The molecule has 1 saturated carbocycles. The number of aromatic nitrogens is 2. The van der Waals surface area contributed by atoms with E-state index in [2.05, 4.69) is 20.8 Å². The van der Waals surface area contributed by atoms with E-state index in [4.69, 9.17) is 4.74 Å². The third-order valence-electron chi connectivity index (χ3n) is 5.29. The summed E-state index contributed by atoms with van der Waals surface area (Å²) < 4.78 is 31.5. The fourth-order valence-corrected chi connectivity index (χ4v) is 5.25. The number of ether oxygens (including phenoxy) is 1. The van der Waals surface area contributed by atoms with E-state index in [0.29, 0.717) is 23.0 Å². The van der Waals surface area contributed by atoms with Crippen LogP contribution in [0.3, 0.4) is 0 Å². The molecule has 2 heterocycles. The molecular weight excluding hydrogens is 395 g/mol.